The van der Waals surface area contributed by atoms with Crippen LogP contribution in [0.25, 0.3) is 10.9 Å². The van der Waals surface area contributed by atoms with Gasteiger partial charge in [-0.15, -0.1) is 0 Å². The van der Waals surface area contributed by atoms with Gasteiger partial charge in [-0.05, 0) is 22.8 Å². The highest BCUT2D eigenvalue weighted by Crippen LogP contribution is 2.19. The number of rotatable bonds is 10. The average molecular weight is 486 g/mol. The van der Waals surface area contributed by atoms with Gasteiger partial charge in [0.1, 0.15) is 18.7 Å². The molecule has 4 rings (SSSR count). The third-order valence-electron chi connectivity index (χ3n) is 5.82. The van der Waals surface area contributed by atoms with E-state index in [1.807, 2.05) is 84.9 Å². The van der Waals surface area contributed by atoms with Crippen molar-refractivity contribution < 1.29 is 24.2 Å². The third-order valence-corrected chi connectivity index (χ3v) is 5.82. The zero-order valence-electron chi connectivity index (χ0n) is 19.5. The summed E-state index contributed by atoms with van der Waals surface area (Å²) in [6.45, 7) is 0.0463. The van der Waals surface area contributed by atoms with Crippen molar-refractivity contribution in [2.75, 3.05) is 0 Å². The molecule has 2 atom stereocenters. The highest BCUT2D eigenvalue weighted by atomic mass is 16.5. The van der Waals surface area contributed by atoms with E-state index in [-0.39, 0.29) is 19.4 Å². The van der Waals surface area contributed by atoms with Crippen LogP contribution in [-0.4, -0.2) is 40.1 Å². The molecule has 0 unspecified atom stereocenters. The summed E-state index contributed by atoms with van der Waals surface area (Å²) in [5.74, 6) is -1.78. The molecular formula is C28H27N3O5. The molecule has 8 heteroatoms. The summed E-state index contributed by atoms with van der Waals surface area (Å²) in [4.78, 5) is 40.9. The minimum atomic E-state index is -1.18. The van der Waals surface area contributed by atoms with Gasteiger partial charge in [-0.2, -0.15) is 0 Å². The SMILES string of the molecule is O=C(N[C@@H](Cc1ccccc1)C(=O)N[C@H](Cc1c[nH]c2ccccc12)C(=O)O)OCc1ccccc1. The molecule has 36 heavy (non-hydrogen) atoms. The first kappa shape index (κ1) is 24.5. The van der Waals surface area contributed by atoms with E-state index in [0.29, 0.717) is 0 Å². The maximum Gasteiger partial charge on any atom is 0.408 e. The van der Waals surface area contributed by atoms with Gasteiger partial charge >= 0.3 is 12.1 Å². The lowest BCUT2D eigenvalue weighted by Crippen LogP contribution is -2.53. The van der Waals surface area contributed by atoms with E-state index in [1.165, 1.54) is 0 Å². The van der Waals surface area contributed by atoms with Crippen molar-refractivity contribution in [1.82, 2.24) is 15.6 Å². The standard InChI is InChI=1S/C28H27N3O5/c32-26(30-25(27(33)34)16-21-17-29-23-14-8-7-13-22(21)23)24(15-19-9-3-1-4-10-19)31-28(35)36-18-20-11-5-2-6-12-20/h1-14,17,24-25,29H,15-16,18H2,(H,30,32)(H,31,35)(H,33,34)/t24-,25+/m0/s1. The van der Waals surface area contributed by atoms with Crippen LogP contribution in [0.1, 0.15) is 16.7 Å². The Balaban J connectivity index is 1.46. The average Bonchev–Trinajstić information content (AvgIpc) is 3.30. The first-order chi connectivity index (χ1) is 17.5. The summed E-state index contributed by atoms with van der Waals surface area (Å²) < 4.78 is 5.28. The Labute approximate surface area is 208 Å². The molecule has 0 aliphatic rings. The number of carbonyl (C=O) groups excluding carboxylic acids is 2. The molecule has 0 aliphatic carbocycles. The Morgan fingerprint density at radius 2 is 1.42 bits per heavy atom. The van der Waals surface area contributed by atoms with Gasteiger partial charge in [-0.25, -0.2) is 9.59 Å². The number of hydrogen-bond acceptors (Lipinski definition) is 4. The molecule has 0 saturated heterocycles. The predicted octanol–water partition coefficient (Wildman–Crippen LogP) is 3.82. The Bertz CT molecular complexity index is 1320. The van der Waals surface area contributed by atoms with E-state index < -0.39 is 30.1 Å². The first-order valence-corrected chi connectivity index (χ1v) is 11.6. The van der Waals surface area contributed by atoms with E-state index in [1.54, 1.807) is 6.20 Å². The fraction of sp³-hybridized carbons (Fsp3) is 0.179. The number of carboxylic acids is 1. The van der Waals surface area contributed by atoms with Gasteiger partial charge in [-0.3, -0.25) is 4.79 Å². The van der Waals surface area contributed by atoms with E-state index in [4.69, 9.17) is 4.74 Å². The maximum absolute atomic E-state index is 13.2. The number of aromatic amines is 1. The summed E-state index contributed by atoms with van der Waals surface area (Å²) in [6, 6.07) is 23.7. The van der Waals surface area contributed by atoms with Gasteiger partial charge in [0.05, 0.1) is 0 Å². The normalized spacial score (nSPS) is 12.4. The van der Waals surface area contributed by atoms with Gasteiger partial charge in [-0.1, -0.05) is 78.9 Å². The van der Waals surface area contributed by atoms with Gasteiger partial charge < -0.3 is 25.5 Å². The fourth-order valence-electron chi connectivity index (χ4n) is 3.96. The fourth-order valence-corrected chi connectivity index (χ4v) is 3.96. The monoisotopic (exact) mass is 485 g/mol. The van der Waals surface area contributed by atoms with Gasteiger partial charge in [0.15, 0.2) is 0 Å². The Hall–Kier alpha value is -4.59. The lowest BCUT2D eigenvalue weighted by atomic mass is 10.0. The quantitative estimate of drug-likeness (QED) is 0.272. The molecule has 3 aromatic carbocycles. The van der Waals surface area contributed by atoms with Crippen molar-refractivity contribution in [3.8, 4) is 0 Å². The van der Waals surface area contributed by atoms with Crippen LogP contribution in [0, 0.1) is 0 Å². The van der Waals surface area contributed by atoms with E-state index >= 15 is 0 Å². The minimum Gasteiger partial charge on any atom is -0.480 e. The molecule has 1 heterocycles. The number of amides is 2. The summed E-state index contributed by atoms with van der Waals surface area (Å²) >= 11 is 0. The summed E-state index contributed by atoms with van der Waals surface area (Å²) in [5.41, 5.74) is 3.27. The number of carboxylic acid groups (broad SMARTS) is 1. The van der Waals surface area contributed by atoms with Crippen LogP contribution in [0.2, 0.25) is 0 Å². The van der Waals surface area contributed by atoms with Crippen LogP contribution in [0.4, 0.5) is 4.79 Å². The molecule has 8 nitrogen and oxygen atoms in total. The predicted molar refractivity (Wildman–Crippen MR) is 135 cm³/mol. The van der Waals surface area contributed by atoms with Gasteiger partial charge in [0.25, 0.3) is 0 Å². The summed E-state index contributed by atoms with van der Waals surface area (Å²) in [7, 11) is 0. The van der Waals surface area contributed by atoms with E-state index in [0.717, 1.165) is 27.6 Å². The second-order valence-electron chi connectivity index (χ2n) is 8.41. The van der Waals surface area contributed by atoms with Crippen LogP contribution in [0.3, 0.4) is 0 Å². The lowest BCUT2D eigenvalue weighted by molar-refractivity contribution is -0.142. The number of H-pyrrole nitrogens is 1. The van der Waals surface area contributed by atoms with Crippen molar-refractivity contribution in [1.29, 1.82) is 0 Å². The third kappa shape index (κ3) is 6.50. The zero-order chi connectivity index (χ0) is 25.3. The van der Waals surface area contributed by atoms with Crippen molar-refractivity contribution in [2.45, 2.75) is 31.5 Å². The number of para-hydroxylation sites is 1. The minimum absolute atomic E-state index is 0.0463. The van der Waals surface area contributed by atoms with Crippen LogP contribution in [0.15, 0.2) is 91.1 Å². The Morgan fingerprint density at radius 1 is 0.778 bits per heavy atom. The number of alkyl carbamates (subject to hydrolysis) is 1. The van der Waals surface area contributed by atoms with Gasteiger partial charge in [0.2, 0.25) is 5.91 Å². The maximum atomic E-state index is 13.2. The van der Waals surface area contributed by atoms with Crippen molar-refractivity contribution >= 4 is 28.9 Å². The highest BCUT2D eigenvalue weighted by molar-refractivity contribution is 5.90. The number of nitrogens with one attached hydrogen (secondary N) is 3. The number of ether oxygens (including phenoxy) is 1. The molecule has 0 saturated carbocycles. The van der Waals surface area contributed by atoms with E-state index in [2.05, 4.69) is 15.6 Å². The number of carbonyl (C=O) groups is 3. The van der Waals surface area contributed by atoms with Crippen LogP contribution in [-0.2, 0) is 33.8 Å². The molecule has 2 amide bonds. The molecule has 4 N–H and O–H groups in total. The Kier molecular flexibility index (Phi) is 7.97. The van der Waals surface area contributed by atoms with E-state index in [9.17, 15) is 19.5 Å². The smallest absolute Gasteiger partial charge is 0.408 e. The van der Waals surface area contributed by atoms with Gasteiger partial charge in [0, 0.05) is 29.9 Å². The topological polar surface area (TPSA) is 121 Å². The molecule has 1 aromatic heterocycles. The number of hydrogen-bond donors (Lipinski definition) is 4. The van der Waals surface area contributed by atoms with Crippen molar-refractivity contribution in [2.24, 2.45) is 0 Å². The van der Waals surface area contributed by atoms with Crippen LogP contribution in [0.5, 0.6) is 0 Å². The zero-order valence-corrected chi connectivity index (χ0v) is 19.5. The number of fused-ring (bicyclic) bond motifs is 1. The number of aliphatic carboxylic acids is 1. The largest absolute Gasteiger partial charge is 0.480 e. The Morgan fingerprint density at radius 3 is 2.11 bits per heavy atom. The molecule has 0 spiro atoms. The summed E-state index contributed by atoms with van der Waals surface area (Å²) in [5, 5.41) is 15.9. The second kappa shape index (κ2) is 11.7. The molecule has 0 bridgehead atoms. The number of benzene rings is 3. The molecule has 0 aliphatic heterocycles. The molecule has 0 fully saturated rings. The molecule has 0 radical (unpaired) electrons. The molecular weight excluding hydrogens is 458 g/mol. The highest BCUT2D eigenvalue weighted by Gasteiger charge is 2.28. The first-order valence-electron chi connectivity index (χ1n) is 11.6. The number of aromatic nitrogens is 1. The van der Waals surface area contributed by atoms with Crippen LogP contribution < -0.4 is 10.6 Å². The van der Waals surface area contributed by atoms with Crippen LogP contribution >= 0.6 is 0 Å². The summed E-state index contributed by atoms with van der Waals surface area (Å²) in [6.07, 6.45) is 1.24. The molecule has 4 aromatic rings. The van der Waals surface area contributed by atoms with Crippen molar-refractivity contribution in [3.63, 3.8) is 0 Å². The lowest BCUT2D eigenvalue weighted by Gasteiger charge is -2.21. The molecule has 184 valence electrons. The second-order valence-corrected chi connectivity index (χ2v) is 8.41. The van der Waals surface area contributed by atoms with Crippen molar-refractivity contribution in [3.05, 3.63) is 108 Å².